The number of aromatic nitrogens is 2. The van der Waals surface area contributed by atoms with Crippen molar-refractivity contribution in [3.05, 3.63) is 35.7 Å². The van der Waals surface area contributed by atoms with E-state index in [2.05, 4.69) is 10.1 Å². The molecular weight excluding hydrogens is 330 g/mol. The van der Waals surface area contributed by atoms with E-state index < -0.39 is 21.3 Å². The van der Waals surface area contributed by atoms with E-state index in [4.69, 9.17) is 4.52 Å². The fourth-order valence-electron chi connectivity index (χ4n) is 2.70. The number of rotatable bonds is 5. The third-order valence-electron chi connectivity index (χ3n) is 3.88. The molecule has 1 saturated heterocycles. The van der Waals surface area contributed by atoms with Crippen molar-refractivity contribution >= 4 is 15.7 Å². The van der Waals surface area contributed by atoms with Crippen molar-refractivity contribution in [3.8, 4) is 11.5 Å². The van der Waals surface area contributed by atoms with E-state index >= 15 is 0 Å². The van der Waals surface area contributed by atoms with Crippen molar-refractivity contribution < 1.29 is 17.7 Å². The van der Waals surface area contributed by atoms with Crippen molar-refractivity contribution in [1.29, 1.82) is 0 Å². The number of nitrogens with zero attached hydrogens (tertiary/aromatic N) is 3. The number of benzene rings is 1. The molecule has 1 aliphatic rings. The van der Waals surface area contributed by atoms with Crippen LogP contribution in [0.4, 0.5) is 0 Å². The van der Waals surface area contributed by atoms with Gasteiger partial charge in [-0.3, -0.25) is 4.79 Å². The van der Waals surface area contributed by atoms with Crippen LogP contribution in [0, 0.1) is 6.92 Å². The van der Waals surface area contributed by atoms with Gasteiger partial charge in [-0.25, -0.2) is 8.42 Å². The summed E-state index contributed by atoms with van der Waals surface area (Å²) in [6.07, 6.45) is 1.85. The lowest BCUT2D eigenvalue weighted by atomic mass is 10.1. The van der Waals surface area contributed by atoms with Gasteiger partial charge in [0.25, 0.3) is 5.89 Å². The van der Waals surface area contributed by atoms with Crippen LogP contribution in [0.1, 0.15) is 24.2 Å². The zero-order valence-electron chi connectivity index (χ0n) is 13.4. The van der Waals surface area contributed by atoms with Gasteiger partial charge in [-0.2, -0.15) is 4.98 Å². The van der Waals surface area contributed by atoms with E-state index in [9.17, 15) is 13.2 Å². The van der Waals surface area contributed by atoms with Gasteiger partial charge in [0.15, 0.2) is 15.7 Å². The second-order valence-electron chi connectivity index (χ2n) is 6.01. The highest BCUT2D eigenvalue weighted by atomic mass is 32.2. The summed E-state index contributed by atoms with van der Waals surface area (Å²) in [4.78, 5) is 17.7. The van der Waals surface area contributed by atoms with E-state index in [1.54, 1.807) is 4.90 Å². The van der Waals surface area contributed by atoms with Gasteiger partial charge in [0, 0.05) is 18.7 Å². The molecule has 0 atom stereocenters. The molecule has 1 aromatic heterocycles. The number of sulfone groups is 1. The van der Waals surface area contributed by atoms with Gasteiger partial charge >= 0.3 is 0 Å². The standard InChI is InChI=1S/C16H19N3O4S/c1-12-5-4-6-13(9-12)16-17-14(18-23-16)10-24(21,22)11-15(20)19-7-2-3-8-19/h4-6,9H,2-3,7-8,10-11H2,1H3. The van der Waals surface area contributed by atoms with E-state index in [1.165, 1.54) is 0 Å². The molecule has 1 fully saturated rings. The predicted molar refractivity (Wildman–Crippen MR) is 87.8 cm³/mol. The Morgan fingerprint density at radius 2 is 2.04 bits per heavy atom. The summed E-state index contributed by atoms with van der Waals surface area (Å²) in [5.41, 5.74) is 1.77. The molecule has 8 heteroatoms. The first-order valence-corrected chi connectivity index (χ1v) is 9.63. The van der Waals surface area contributed by atoms with Gasteiger partial charge in [-0.15, -0.1) is 0 Å². The van der Waals surface area contributed by atoms with E-state index in [-0.39, 0.29) is 17.6 Å². The Bertz CT molecular complexity index is 839. The smallest absolute Gasteiger partial charge is 0.257 e. The molecule has 0 aliphatic carbocycles. The number of hydrogen-bond donors (Lipinski definition) is 0. The zero-order chi connectivity index (χ0) is 17.2. The molecule has 2 heterocycles. The molecule has 0 bridgehead atoms. The summed E-state index contributed by atoms with van der Waals surface area (Å²) in [5.74, 6) is -0.922. The van der Waals surface area contributed by atoms with E-state index in [0.29, 0.717) is 13.1 Å². The summed E-state index contributed by atoms with van der Waals surface area (Å²) in [6.45, 7) is 3.21. The summed E-state index contributed by atoms with van der Waals surface area (Å²) in [6, 6.07) is 7.49. The molecule has 0 N–H and O–H groups in total. The van der Waals surface area contributed by atoms with Crippen LogP contribution in [0.25, 0.3) is 11.5 Å². The second-order valence-corrected chi connectivity index (χ2v) is 8.07. The Morgan fingerprint density at radius 1 is 1.29 bits per heavy atom. The van der Waals surface area contributed by atoms with Crippen LogP contribution in [0.15, 0.2) is 28.8 Å². The largest absolute Gasteiger partial charge is 0.342 e. The maximum Gasteiger partial charge on any atom is 0.257 e. The molecule has 1 amide bonds. The quantitative estimate of drug-likeness (QED) is 0.813. The first kappa shape index (κ1) is 16.6. The molecule has 0 radical (unpaired) electrons. The summed E-state index contributed by atoms with van der Waals surface area (Å²) >= 11 is 0. The molecular formula is C16H19N3O4S. The highest BCUT2D eigenvalue weighted by molar-refractivity contribution is 7.91. The van der Waals surface area contributed by atoms with Crippen LogP contribution < -0.4 is 0 Å². The van der Waals surface area contributed by atoms with Gasteiger partial charge in [0.1, 0.15) is 11.5 Å². The predicted octanol–water partition coefficient (Wildman–Crippen LogP) is 1.58. The van der Waals surface area contributed by atoms with E-state index in [1.807, 2.05) is 31.2 Å². The highest BCUT2D eigenvalue weighted by Crippen LogP contribution is 2.19. The summed E-state index contributed by atoms with van der Waals surface area (Å²) in [5, 5.41) is 3.72. The van der Waals surface area contributed by atoms with Crippen molar-refractivity contribution in [3.63, 3.8) is 0 Å². The van der Waals surface area contributed by atoms with Crippen molar-refractivity contribution in [2.45, 2.75) is 25.5 Å². The van der Waals surface area contributed by atoms with Crippen LogP contribution in [-0.2, 0) is 20.4 Å². The minimum atomic E-state index is -3.62. The van der Waals surface area contributed by atoms with Crippen LogP contribution >= 0.6 is 0 Å². The fraction of sp³-hybridized carbons (Fsp3) is 0.438. The maximum atomic E-state index is 12.2. The topological polar surface area (TPSA) is 93.4 Å². The lowest BCUT2D eigenvalue weighted by Gasteiger charge is -2.14. The van der Waals surface area contributed by atoms with Gasteiger partial charge in [-0.1, -0.05) is 22.9 Å². The Hall–Kier alpha value is -2.22. The molecule has 0 saturated carbocycles. The van der Waals surface area contributed by atoms with Crippen molar-refractivity contribution in [1.82, 2.24) is 15.0 Å². The summed E-state index contributed by atoms with van der Waals surface area (Å²) < 4.78 is 29.5. The van der Waals surface area contributed by atoms with Crippen molar-refractivity contribution in [2.75, 3.05) is 18.8 Å². The van der Waals surface area contributed by atoms with Crippen molar-refractivity contribution in [2.24, 2.45) is 0 Å². The molecule has 7 nitrogen and oxygen atoms in total. The monoisotopic (exact) mass is 349 g/mol. The lowest BCUT2D eigenvalue weighted by molar-refractivity contribution is -0.127. The first-order chi connectivity index (χ1) is 11.4. The zero-order valence-corrected chi connectivity index (χ0v) is 14.3. The molecule has 0 spiro atoms. The van der Waals surface area contributed by atoms with Gasteiger partial charge in [0.2, 0.25) is 5.91 Å². The Kier molecular flexibility index (Phi) is 4.66. The molecule has 24 heavy (non-hydrogen) atoms. The molecule has 2 aromatic rings. The van der Waals surface area contributed by atoms with Crippen LogP contribution in [0.5, 0.6) is 0 Å². The average Bonchev–Trinajstić information content (AvgIpc) is 3.17. The fourth-order valence-corrected chi connectivity index (χ4v) is 3.87. The number of hydrogen-bond acceptors (Lipinski definition) is 6. The van der Waals surface area contributed by atoms with Gasteiger partial charge in [-0.05, 0) is 31.9 Å². The van der Waals surface area contributed by atoms with Gasteiger partial charge in [0.05, 0.1) is 0 Å². The molecule has 0 unspecified atom stereocenters. The summed E-state index contributed by atoms with van der Waals surface area (Å²) in [7, 11) is -3.62. The minimum absolute atomic E-state index is 0.0701. The minimum Gasteiger partial charge on any atom is -0.342 e. The number of carbonyl (C=O) groups excluding carboxylic acids is 1. The SMILES string of the molecule is Cc1cccc(-c2nc(CS(=O)(=O)CC(=O)N3CCCC3)no2)c1. The van der Waals surface area contributed by atoms with E-state index in [0.717, 1.165) is 24.0 Å². The Morgan fingerprint density at radius 3 is 2.75 bits per heavy atom. The third kappa shape index (κ3) is 4.00. The Balaban J connectivity index is 1.68. The van der Waals surface area contributed by atoms with Crippen LogP contribution in [0.3, 0.4) is 0 Å². The number of amides is 1. The first-order valence-electron chi connectivity index (χ1n) is 7.81. The van der Waals surface area contributed by atoms with Crippen LogP contribution in [0.2, 0.25) is 0 Å². The number of aryl methyl sites for hydroxylation is 1. The molecule has 1 aromatic carbocycles. The molecule has 3 rings (SSSR count). The third-order valence-corrected chi connectivity index (χ3v) is 5.27. The normalized spacial score (nSPS) is 15.0. The number of carbonyl (C=O) groups is 1. The second kappa shape index (κ2) is 6.72. The van der Waals surface area contributed by atoms with Gasteiger partial charge < -0.3 is 9.42 Å². The van der Waals surface area contributed by atoms with Crippen LogP contribution in [-0.4, -0.2) is 48.2 Å². The molecule has 1 aliphatic heterocycles. The maximum absolute atomic E-state index is 12.2. The highest BCUT2D eigenvalue weighted by Gasteiger charge is 2.25. The average molecular weight is 349 g/mol. The lowest BCUT2D eigenvalue weighted by Crippen LogP contribution is -2.33. The molecule has 128 valence electrons. The number of likely N-dealkylation sites (tertiary alicyclic amines) is 1. The Labute approximate surface area is 140 Å².